The van der Waals surface area contributed by atoms with Gasteiger partial charge in [-0.2, -0.15) is 10.4 Å². The van der Waals surface area contributed by atoms with Crippen molar-refractivity contribution >= 4 is 0 Å². The Morgan fingerprint density at radius 2 is 2.36 bits per heavy atom. The van der Waals surface area contributed by atoms with Crippen molar-refractivity contribution < 1.29 is 4.74 Å². The van der Waals surface area contributed by atoms with Crippen molar-refractivity contribution in [3.63, 3.8) is 0 Å². The van der Waals surface area contributed by atoms with Gasteiger partial charge in [0, 0.05) is 18.0 Å². The van der Waals surface area contributed by atoms with Crippen molar-refractivity contribution in [1.82, 2.24) is 9.78 Å². The predicted molar refractivity (Wildman–Crippen MR) is 50.7 cm³/mol. The Balaban J connectivity index is 2.53. The summed E-state index contributed by atoms with van der Waals surface area (Å²) in [6, 6.07) is 2.46. The summed E-state index contributed by atoms with van der Waals surface area (Å²) < 4.78 is 7.09. The molecule has 0 unspecified atom stereocenters. The Labute approximate surface area is 83.1 Å². The molecule has 4 heteroatoms. The maximum atomic E-state index is 9.06. The number of fused-ring (bicyclic) bond motifs is 1. The summed E-state index contributed by atoms with van der Waals surface area (Å²) in [5, 5.41) is 13.5. The van der Waals surface area contributed by atoms with Gasteiger partial charge in [-0.3, -0.25) is 4.68 Å². The van der Waals surface area contributed by atoms with Crippen molar-refractivity contribution in [3.8, 4) is 6.07 Å². The van der Waals surface area contributed by atoms with Gasteiger partial charge in [0.25, 0.3) is 0 Å². The normalized spacial score (nSPS) is 15.3. The van der Waals surface area contributed by atoms with Crippen LogP contribution in [0.2, 0.25) is 0 Å². The van der Waals surface area contributed by atoms with Gasteiger partial charge < -0.3 is 4.74 Å². The minimum atomic E-state index is 0.232. The lowest BCUT2D eigenvalue weighted by Gasteiger charge is -2.09. The zero-order valence-electron chi connectivity index (χ0n) is 8.45. The number of aromatic nitrogens is 2. The SMILES string of the molecule is CC(C)n1nc2c(c1C#N)CCOC2. The first kappa shape index (κ1) is 9.22. The number of nitrogens with zero attached hydrogens (tertiary/aromatic N) is 3. The summed E-state index contributed by atoms with van der Waals surface area (Å²) in [6.45, 7) is 5.30. The third kappa shape index (κ3) is 1.30. The highest BCUT2D eigenvalue weighted by molar-refractivity contribution is 5.36. The quantitative estimate of drug-likeness (QED) is 0.674. The summed E-state index contributed by atoms with van der Waals surface area (Å²) in [6.07, 6.45) is 0.810. The van der Waals surface area contributed by atoms with Crippen molar-refractivity contribution in [2.24, 2.45) is 0 Å². The van der Waals surface area contributed by atoms with E-state index in [1.54, 1.807) is 4.68 Å². The highest BCUT2D eigenvalue weighted by Gasteiger charge is 2.21. The van der Waals surface area contributed by atoms with Gasteiger partial charge in [-0.1, -0.05) is 0 Å². The number of nitriles is 1. The fourth-order valence-electron chi connectivity index (χ4n) is 1.73. The molecule has 1 aliphatic heterocycles. The summed E-state index contributed by atoms with van der Waals surface area (Å²) >= 11 is 0. The average Bonchev–Trinajstić information content (AvgIpc) is 2.56. The lowest BCUT2D eigenvalue weighted by Crippen LogP contribution is -2.09. The third-order valence-electron chi connectivity index (χ3n) is 2.42. The molecule has 1 aromatic rings. The van der Waals surface area contributed by atoms with E-state index < -0.39 is 0 Å². The molecule has 0 N–H and O–H groups in total. The maximum Gasteiger partial charge on any atom is 0.142 e. The number of hydrogen-bond acceptors (Lipinski definition) is 3. The van der Waals surface area contributed by atoms with Crippen LogP contribution in [0.15, 0.2) is 0 Å². The van der Waals surface area contributed by atoms with Crippen molar-refractivity contribution in [2.45, 2.75) is 32.9 Å². The van der Waals surface area contributed by atoms with E-state index >= 15 is 0 Å². The van der Waals surface area contributed by atoms with E-state index in [2.05, 4.69) is 11.2 Å². The van der Waals surface area contributed by atoms with Gasteiger partial charge in [-0.15, -0.1) is 0 Å². The fraction of sp³-hybridized carbons (Fsp3) is 0.600. The molecule has 0 saturated carbocycles. The average molecular weight is 191 g/mol. The zero-order chi connectivity index (χ0) is 10.1. The van der Waals surface area contributed by atoms with E-state index in [1.807, 2.05) is 13.8 Å². The summed E-state index contributed by atoms with van der Waals surface area (Å²) in [4.78, 5) is 0. The van der Waals surface area contributed by atoms with Crippen LogP contribution in [-0.2, 0) is 17.8 Å². The topological polar surface area (TPSA) is 50.8 Å². The molecule has 4 nitrogen and oxygen atoms in total. The zero-order valence-corrected chi connectivity index (χ0v) is 8.45. The van der Waals surface area contributed by atoms with Gasteiger partial charge in [-0.25, -0.2) is 0 Å². The largest absolute Gasteiger partial charge is 0.375 e. The lowest BCUT2D eigenvalue weighted by atomic mass is 10.1. The molecule has 1 aliphatic rings. The van der Waals surface area contributed by atoms with Gasteiger partial charge in [-0.05, 0) is 13.8 Å². The van der Waals surface area contributed by atoms with E-state index in [-0.39, 0.29) is 6.04 Å². The van der Waals surface area contributed by atoms with Crippen LogP contribution >= 0.6 is 0 Å². The molecule has 0 saturated heterocycles. The van der Waals surface area contributed by atoms with Crippen LogP contribution in [0, 0.1) is 11.3 Å². The monoisotopic (exact) mass is 191 g/mol. The molecule has 0 radical (unpaired) electrons. The smallest absolute Gasteiger partial charge is 0.142 e. The molecule has 0 aliphatic carbocycles. The number of rotatable bonds is 1. The van der Waals surface area contributed by atoms with Gasteiger partial charge in [0.2, 0.25) is 0 Å². The molecule has 14 heavy (non-hydrogen) atoms. The van der Waals surface area contributed by atoms with Gasteiger partial charge in [0.15, 0.2) is 0 Å². The van der Waals surface area contributed by atoms with Gasteiger partial charge >= 0.3 is 0 Å². The molecule has 0 spiro atoms. The van der Waals surface area contributed by atoms with Crippen molar-refractivity contribution in [3.05, 3.63) is 17.0 Å². The summed E-state index contributed by atoms with van der Waals surface area (Å²) in [7, 11) is 0. The van der Waals surface area contributed by atoms with E-state index in [4.69, 9.17) is 10.00 Å². The molecule has 0 fully saturated rings. The molecule has 2 rings (SSSR count). The van der Waals surface area contributed by atoms with Crippen molar-refractivity contribution in [1.29, 1.82) is 5.26 Å². The maximum absolute atomic E-state index is 9.06. The van der Waals surface area contributed by atoms with Crippen LogP contribution in [-0.4, -0.2) is 16.4 Å². The van der Waals surface area contributed by atoms with Crippen LogP contribution in [0.5, 0.6) is 0 Å². The van der Waals surface area contributed by atoms with Crippen LogP contribution in [0.1, 0.15) is 36.8 Å². The molecule has 1 aromatic heterocycles. The highest BCUT2D eigenvalue weighted by atomic mass is 16.5. The molecule has 2 heterocycles. The molecular formula is C10H13N3O. The second kappa shape index (κ2) is 3.43. The standard InChI is InChI=1S/C10H13N3O/c1-7(2)13-10(5-11)8-3-4-14-6-9(8)12-13/h7H,3-4,6H2,1-2H3. The van der Waals surface area contributed by atoms with Crippen LogP contribution < -0.4 is 0 Å². The molecule has 0 atom stereocenters. The third-order valence-corrected chi connectivity index (χ3v) is 2.42. The van der Waals surface area contributed by atoms with E-state index in [0.717, 1.165) is 17.7 Å². The minimum absolute atomic E-state index is 0.232. The Hall–Kier alpha value is -1.34. The Bertz CT molecular complexity index is 387. The first-order chi connectivity index (χ1) is 6.74. The second-order valence-corrected chi connectivity index (χ2v) is 3.73. The van der Waals surface area contributed by atoms with Crippen LogP contribution in [0.4, 0.5) is 0 Å². The Morgan fingerprint density at radius 1 is 1.57 bits per heavy atom. The molecule has 74 valence electrons. The van der Waals surface area contributed by atoms with E-state index in [1.165, 1.54) is 0 Å². The fourth-order valence-corrected chi connectivity index (χ4v) is 1.73. The first-order valence-corrected chi connectivity index (χ1v) is 4.82. The first-order valence-electron chi connectivity index (χ1n) is 4.82. The predicted octanol–water partition coefficient (Wildman–Crippen LogP) is 1.41. The van der Waals surface area contributed by atoms with Crippen LogP contribution in [0.25, 0.3) is 0 Å². The Kier molecular flexibility index (Phi) is 2.26. The summed E-state index contributed by atoms with van der Waals surface area (Å²) in [5.41, 5.74) is 2.72. The Morgan fingerprint density at radius 3 is 3.00 bits per heavy atom. The number of hydrogen-bond donors (Lipinski definition) is 0. The highest BCUT2D eigenvalue weighted by Crippen LogP contribution is 2.22. The molecule has 0 amide bonds. The second-order valence-electron chi connectivity index (χ2n) is 3.73. The van der Waals surface area contributed by atoms with E-state index in [9.17, 15) is 0 Å². The lowest BCUT2D eigenvalue weighted by molar-refractivity contribution is 0.108. The van der Waals surface area contributed by atoms with E-state index in [0.29, 0.717) is 18.9 Å². The van der Waals surface area contributed by atoms with Gasteiger partial charge in [0.1, 0.15) is 11.8 Å². The van der Waals surface area contributed by atoms with Crippen LogP contribution in [0.3, 0.4) is 0 Å². The van der Waals surface area contributed by atoms with Gasteiger partial charge in [0.05, 0.1) is 18.9 Å². The minimum Gasteiger partial charge on any atom is -0.375 e. The number of ether oxygens (including phenoxy) is 1. The summed E-state index contributed by atoms with van der Waals surface area (Å²) in [5.74, 6) is 0. The van der Waals surface area contributed by atoms with Crippen molar-refractivity contribution in [2.75, 3.05) is 6.61 Å². The molecule has 0 bridgehead atoms. The molecular weight excluding hydrogens is 178 g/mol. The molecule has 0 aromatic carbocycles.